The molecule has 0 aromatic heterocycles. The summed E-state index contributed by atoms with van der Waals surface area (Å²) in [5, 5.41) is 3.52. The maximum absolute atomic E-state index is 5.77. The molecule has 0 radical (unpaired) electrons. The van der Waals surface area contributed by atoms with Gasteiger partial charge in [-0.2, -0.15) is 0 Å². The maximum Gasteiger partial charge on any atom is 0.119 e. The average molecular weight is 262 g/mol. The highest BCUT2D eigenvalue weighted by Gasteiger charge is 2.11. The van der Waals surface area contributed by atoms with Crippen LogP contribution >= 0.6 is 0 Å². The number of hydrogen-bond acceptors (Lipinski definition) is 3. The van der Waals surface area contributed by atoms with E-state index in [2.05, 4.69) is 36.2 Å². The first-order chi connectivity index (χ1) is 9.24. The zero-order valence-corrected chi connectivity index (χ0v) is 12.2. The van der Waals surface area contributed by atoms with E-state index >= 15 is 0 Å². The van der Waals surface area contributed by atoms with Gasteiger partial charge in [0, 0.05) is 19.1 Å². The molecule has 3 nitrogen and oxygen atoms in total. The Morgan fingerprint density at radius 2 is 1.89 bits per heavy atom. The van der Waals surface area contributed by atoms with Gasteiger partial charge in [-0.15, -0.1) is 0 Å². The molecule has 1 saturated heterocycles. The highest BCUT2D eigenvalue weighted by Crippen LogP contribution is 2.11. The topological polar surface area (TPSA) is 24.5 Å². The van der Waals surface area contributed by atoms with Crippen molar-refractivity contribution >= 4 is 0 Å². The van der Waals surface area contributed by atoms with Crippen LogP contribution in [0.25, 0.3) is 0 Å². The predicted molar refractivity (Wildman–Crippen MR) is 79.8 cm³/mol. The van der Waals surface area contributed by atoms with Gasteiger partial charge in [-0.25, -0.2) is 0 Å². The van der Waals surface area contributed by atoms with Crippen LogP contribution in [0.2, 0.25) is 0 Å². The third-order valence-electron chi connectivity index (χ3n) is 3.64. The van der Waals surface area contributed by atoms with Crippen LogP contribution in [0.4, 0.5) is 0 Å². The molecule has 1 fully saturated rings. The minimum absolute atomic E-state index is 0.393. The number of nitrogens with one attached hydrogen (secondary N) is 1. The molecule has 0 aliphatic carbocycles. The summed E-state index contributed by atoms with van der Waals surface area (Å²) in [4.78, 5) is 2.53. The summed E-state index contributed by atoms with van der Waals surface area (Å²) in [6, 6.07) is 8.63. The molecule has 3 heteroatoms. The molecular formula is C16H26N2O. The van der Waals surface area contributed by atoms with Crippen molar-refractivity contribution in [3.05, 3.63) is 29.8 Å². The number of nitrogens with zero attached hydrogens (tertiary/aromatic N) is 1. The second-order valence-electron chi connectivity index (χ2n) is 5.53. The quantitative estimate of drug-likeness (QED) is 0.817. The van der Waals surface area contributed by atoms with Crippen molar-refractivity contribution in [1.29, 1.82) is 0 Å². The Bertz CT molecular complexity index is 358. The van der Waals surface area contributed by atoms with E-state index in [9.17, 15) is 0 Å². The fourth-order valence-corrected chi connectivity index (χ4v) is 2.39. The van der Waals surface area contributed by atoms with Gasteiger partial charge in [-0.3, -0.25) is 0 Å². The Morgan fingerprint density at radius 1 is 1.21 bits per heavy atom. The number of benzene rings is 1. The van der Waals surface area contributed by atoms with Crippen LogP contribution in [0, 0.1) is 6.92 Å². The Morgan fingerprint density at radius 3 is 2.58 bits per heavy atom. The van der Waals surface area contributed by atoms with Gasteiger partial charge >= 0.3 is 0 Å². The molecule has 1 aromatic rings. The molecule has 1 aliphatic rings. The first-order valence-electron chi connectivity index (χ1n) is 7.39. The SMILES string of the molecule is Cc1ccc(OCC(C)NCCN2CCCC2)cc1. The third kappa shape index (κ3) is 5.21. The number of likely N-dealkylation sites (tertiary alicyclic amines) is 1. The van der Waals surface area contributed by atoms with E-state index in [-0.39, 0.29) is 0 Å². The lowest BCUT2D eigenvalue weighted by atomic mass is 10.2. The molecule has 0 spiro atoms. The summed E-state index contributed by atoms with van der Waals surface area (Å²) in [6.45, 7) is 9.76. The van der Waals surface area contributed by atoms with E-state index in [1.807, 2.05) is 12.1 Å². The molecule has 1 atom stereocenters. The number of rotatable bonds is 7. The normalized spacial score (nSPS) is 17.6. The minimum atomic E-state index is 0.393. The minimum Gasteiger partial charge on any atom is -0.492 e. The first-order valence-corrected chi connectivity index (χ1v) is 7.39. The average Bonchev–Trinajstić information content (AvgIpc) is 2.91. The van der Waals surface area contributed by atoms with Crippen molar-refractivity contribution in [2.45, 2.75) is 32.7 Å². The fraction of sp³-hybridized carbons (Fsp3) is 0.625. The second kappa shape index (κ2) is 7.51. The Balaban J connectivity index is 1.58. The van der Waals surface area contributed by atoms with Crippen LogP contribution in [0.1, 0.15) is 25.3 Å². The van der Waals surface area contributed by atoms with Gasteiger partial charge in [0.1, 0.15) is 12.4 Å². The lowest BCUT2D eigenvalue weighted by molar-refractivity contribution is 0.262. The molecular weight excluding hydrogens is 236 g/mol. The fourth-order valence-electron chi connectivity index (χ4n) is 2.39. The lowest BCUT2D eigenvalue weighted by Crippen LogP contribution is -2.37. The molecule has 0 amide bonds. The van der Waals surface area contributed by atoms with E-state index < -0.39 is 0 Å². The predicted octanol–water partition coefficient (Wildman–Crippen LogP) is 2.45. The van der Waals surface area contributed by atoms with Crippen LogP contribution in [-0.2, 0) is 0 Å². The van der Waals surface area contributed by atoms with Gasteiger partial charge in [0.15, 0.2) is 0 Å². The summed E-state index contributed by atoms with van der Waals surface area (Å²) in [5.41, 5.74) is 1.27. The molecule has 1 heterocycles. The summed E-state index contributed by atoms with van der Waals surface area (Å²) in [6.07, 6.45) is 2.73. The molecule has 1 aliphatic heterocycles. The van der Waals surface area contributed by atoms with Crippen LogP contribution in [0.5, 0.6) is 5.75 Å². The zero-order chi connectivity index (χ0) is 13.5. The standard InChI is InChI=1S/C16H26N2O/c1-14-5-7-16(8-6-14)19-13-15(2)17-9-12-18-10-3-4-11-18/h5-8,15,17H,3-4,9-13H2,1-2H3. The molecule has 2 rings (SSSR count). The number of hydrogen-bond donors (Lipinski definition) is 1. The molecule has 1 aromatic carbocycles. The van der Waals surface area contributed by atoms with Crippen LogP contribution in [0.3, 0.4) is 0 Å². The van der Waals surface area contributed by atoms with Crippen LogP contribution < -0.4 is 10.1 Å². The van der Waals surface area contributed by atoms with Crippen molar-refractivity contribution in [2.24, 2.45) is 0 Å². The number of aryl methyl sites for hydroxylation is 1. The molecule has 1 unspecified atom stereocenters. The third-order valence-corrected chi connectivity index (χ3v) is 3.64. The lowest BCUT2D eigenvalue weighted by Gasteiger charge is -2.18. The van der Waals surface area contributed by atoms with Gasteiger partial charge in [0.05, 0.1) is 0 Å². The molecule has 1 N–H and O–H groups in total. The van der Waals surface area contributed by atoms with Crippen molar-refractivity contribution in [3.8, 4) is 5.75 Å². The largest absolute Gasteiger partial charge is 0.492 e. The molecule has 0 saturated carbocycles. The Hall–Kier alpha value is -1.06. The van der Waals surface area contributed by atoms with Gasteiger partial charge in [0.25, 0.3) is 0 Å². The van der Waals surface area contributed by atoms with Gasteiger partial charge in [-0.05, 0) is 51.9 Å². The van der Waals surface area contributed by atoms with Crippen LogP contribution in [-0.4, -0.2) is 43.7 Å². The van der Waals surface area contributed by atoms with Crippen molar-refractivity contribution in [3.63, 3.8) is 0 Å². The zero-order valence-electron chi connectivity index (χ0n) is 12.2. The molecule has 19 heavy (non-hydrogen) atoms. The highest BCUT2D eigenvalue weighted by molar-refractivity contribution is 5.26. The first kappa shape index (κ1) is 14.4. The van der Waals surface area contributed by atoms with Crippen molar-refractivity contribution in [2.75, 3.05) is 32.8 Å². The van der Waals surface area contributed by atoms with Gasteiger partial charge < -0.3 is 15.0 Å². The van der Waals surface area contributed by atoms with Crippen LogP contribution in [0.15, 0.2) is 24.3 Å². The van der Waals surface area contributed by atoms with E-state index in [0.29, 0.717) is 6.04 Å². The summed E-state index contributed by atoms with van der Waals surface area (Å²) >= 11 is 0. The highest BCUT2D eigenvalue weighted by atomic mass is 16.5. The monoisotopic (exact) mass is 262 g/mol. The maximum atomic E-state index is 5.77. The smallest absolute Gasteiger partial charge is 0.119 e. The molecule has 106 valence electrons. The summed E-state index contributed by atoms with van der Waals surface area (Å²) < 4.78 is 5.77. The van der Waals surface area contributed by atoms with Crippen molar-refractivity contribution in [1.82, 2.24) is 10.2 Å². The Kier molecular flexibility index (Phi) is 5.67. The number of ether oxygens (including phenoxy) is 1. The summed E-state index contributed by atoms with van der Waals surface area (Å²) in [7, 11) is 0. The molecule has 0 bridgehead atoms. The van der Waals surface area contributed by atoms with E-state index in [1.165, 1.54) is 31.5 Å². The van der Waals surface area contributed by atoms with Crippen molar-refractivity contribution < 1.29 is 4.74 Å². The van der Waals surface area contributed by atoms with Gasteiger partial charge in [-0.1, -0.05) is 17.7 Å². The van der Waals surface area contributed by atoms with E-state index in [1.54, 1.807) is 0 Å². The van der Waals surface area contributed by atoms with Gasteiger partial charge in [0.2, 0.25) is 0 Å². The van der Waals surface area contributed by atoms with E-state index in [4.69, 9.17) is 4.74 Å². The summed E-state index contributed by atoms with van der Waals surface area (Å²) in [5.74, 6) is 0.957. The Labute approximate surface area is 116 Å². The van der Waals surface area contributed by atoms with E-state index in [0.717, 1.165) is 25.4 Å². The second-order valence-corrected chi connectivity index (χ2v) is 5.53.